The summed E-state index contributed by atoms with van der Waals surface area (Å²) >= 11 is 1.48. The Balaban J connectivity index is 1.76. The number of rotatable bonds is 3. The summed E-state index contributed by atoms with van der Waals surface area (Å²) in [4.78, 5) is 9.41. The van der Waals surface area contributed by atoms with E-state index in [9.17, 15) is 12.8 Å². The van der Waals surface area contributed by atoms with Gasteiger partial charge in [-0.1, -0.05) is 12.1 Å². The Morgan fingerprint density at radius 3 is 2.71 bits per heavy atom. The molecule has 0 unspecified atom stereocenters. The van der Waals surface area contributed by atoms with Gasteiger partial charge in [-0.2, -0.15) is 0 Å². The van der Waals surface area contributed by atoms with Gasteiger partial charge in [0.2, 0.25) is 0 Å². The van der Waals surface area contributed by atoms with E-state index in [0.717, 1.165) is 21.3 Å². The number of hydrogen-bond acceptors (Lipinski definition) is 6. The molecule has 3 aromatic rings. The Morgan fingerprint density at radius 2 is 2.00 bits per heavy atom. The summed E-state index contributed by atoms with van der Waals surface area (Å²) in [6.07, 6.45) is 2.04. The van der Waals surface area contributed by atoms with E-state index in [0.29, 0.717) is 12.2 Å². The Labute approximate surface area is 142 Å². The fraction of sp³-hybridized carbons (Fsp3) is 0.250. The minimum Gasteiger partial charge on any atom is -0.366 e. The van der Waals surface area contributed by atoms with Crippen molar-refractivity contribution in [1.29, 1.82) is 0 Å². The molecule has 3 heterocycles. The molecule has 4 rings (SSSR count). The van der Waals surface area contributed by atoms with Crippen LogP contribution in [0.25, 0.3) is 21.3 Å². The van der Waals surface area contributed by atoms with Crippen molar-refractivity contribution in [3.05, 3.63) is 41.8 Å². The van der Waals surface area contributed by atoms with Crippen molar-refractivity contribution in [3.63, 3.8) is 0 Å². The monoisotopic (exact) mass is 363 g/mol. The normalized spacial score (nSPS) is 19.6. The molecule has 1 saturated heterocycles. The van der Waals surface area contributed by atoms with Gasteiger partial charge in [-0.15, -0.1) is 11.3 Å². The third kappa shape index (κ3) is 2.87. The molecule has 8 heteroatoms. The lowest BCUT2D eigenvalue weighted by Crippen LogP contribution is -2.21. The van der Waals surface area contributed by atoms with E-state index >= 15 is 0 Å². The number of aromatic nitrogens is 2. The summed E-state index contributed by atoms with van der Waals surface area (Å²) in [5.74, 6) is 0.661. The minimum atomic E-state index is -2.97. The van der Waals surface area contributed by atoms with Crippen LogP contribution >= 0.6 is 11.3 Å². The molecule has 1 N–H and O–H groups in total. The molecule has 24 heavy (non-hydrogen) atoms. The first-order valence-electron chi connectivity index (χ1n) is 7.47. The summed E-state index contributed by atoms with van der Waals surface area (Å²) in [5, 5.41) is 6.06. The van der Waals surface area contributed by atoms with Crippen molar-refractivity contribution in [2.45, 2.75) is 12.5 Å². The third-order valence-corrected chi connectivity index (χ3v) is 6.75. The van der Waals surface area contributed by atoms with Crippen molar-refractivity contribution in [2.75, 3.05) is 16.8 Å². The first-order chi connectivity index (χ1) is 11.5. The molecule has 0 aliphatic carbocycles. The van der Waals surface area contributed by atoms with Crippen LogP contribution in [0.1, 0.15) is 6.42 Å². The molecule has 0 radical (unpaired) electrons. The van der Waals surface area contributed by atoms with Crippen molar-refractivity contribution in [2.24, 2.45) is 0 Å². The van der Waals surface area contributed by atoms with Crippen molar-refractivity contribution < 1.29 is 12.8 Å². The number of nitrogens with zero attached hydrogens (tertiary/aromatic N) is 2. The number of sulfone groups is 1. The minimum absolute atomic E-state index is 0.120. The van der Waals surface area contributed by atoms with Crippen LogP contribution in [0.2, 0.25) is 0 Å². The highest BCUT2D eigenvalue weighted by molar-refractivity contribution is 7.91. The highest BCUT2D eigenvalue weighted by atomic mass is 32.2. The molecule has 0 amide bonds. The number of thiophene rings is 1. The van der Waals surface area contributed by atoms with Crippen LogP contribution in [0.3, 0.4) is 0 Å². The molecular weight excluding hydrogens is 349 g/mol. The molecule has 2 aromatic heterocycles. The molecule has 1 atom stereocenters. The van der Waals surface area contributed by atoms with Crippen LogP contribution in [-0.4, -0.2) is 35.9 Å². The second-order valence-corrected chi connectivity index (χ2v) is 8.89. The summed E-state index contributed by atoms with van der Waals surface area (Å²) in [6.45, 7) is 0. The van der Waals surface area contributed by atoms with E-state index in [1.54, 1.807) is 12.1 Å². The van der Waals surface area contributed by atoms with Gasteiger partial charge in [0, 0.05) is 17.0 Å². The number of fused-ring (bicyclic) bond motifs is 1. The van der Waals surface area contributed by atoms with Crippen LogP contribution in [0.5, 0.6) is 0 Å². The molecule has 0 bridgehead atoms. The number of halogens is 1. The lowest BCUT2D eigenvalue weighted by atomic mass is 10.1. The number of nitrogens with one attached hydrogen (secondary N) is 1. The SMILES string of the molecule is O=S1(=O)CC[C@H](Nc2ncnc3scc(-c4ccc(F)cc4)c23)C1. The zero-order valence-corrected chi connectivity index (χ0v) is 14.2. The molecule has 0 spiro atoms. The second-order valence-electron chi connectivity index (χ2n) is 5.80. The van der Waals surface area contributed by atoms with E-state index < -0.39 is 9.84 Å². The van der Waals surface area contributed by atoms with Gasteiger partial charge in [0.25, 0.3) is 0 Å². The van der Waals surface area contributed by atoms with Crippen LogP contribution in [0, 0.1) is 5.82 Å². The third-order valence-electron chi connectivity index (χ3n) is 4.10. The molecule has 0 saturated carbocycles. The van der Waals surface area contributed by atoms with E-state index in [4.69, 9.17) is 0 Å². The molecule has 1 aliphatic heterocycles. The standard InChI is InChI=1S/C16H14FN3O2S2/c17-11-3-1-10(2-4-11)13-7-23-16-14(13)15(18-9-19-16)20-12-5-6-24(21,22)8-12/h1-4,7,9,12H,5-6,8H2,(H,18,19,20)/t12-/m0/s1. The summed E-state index contributed by atoms with van der Waals surface area (Å²) in [6, 6.07) is 6.12. The second kappa shape index (κ2) is 5.78. The van der Waals surface area contributed by atoms with E-state index in [1.165, 1.54) is 29.8 Å². The number of benzene rings is 1. The van der Waals surface area contributed by atoms with Gasteiger partial charge in [0.05, 0.1) is 16.9 Å². The van der Waals surface area contributed by atoms with Gasteiger partial charge in [0.1, 0.15) is 22.8 Å². The molecule has 1 fully saturated rings. The first-order valence-corrected chi connectivity index (χ1v) is 10.2. The van der Waals surface area contributed by atoms with Crippen molar-refractivity contribution >= 4 is 37.2 Å². The predicted octanol–water partition coefficient (Wildman–Crippen LogP) is 3.10. The van der Waals surface area contributed by atoms with Crippen molar-refractivity contribution in [3.8, 4) is 11.1 Å². The molecule has 1 aliphatic rings. The predicted molar refractivity (Wildman–Crippen MR) is 93.5 cm³/mol. The highest BCUT2D eigenvalue weighted by Crippen LogP contribution is 2.37. The lowest BCUT2D eigenvalue weighted by Gasteiger charge is -2.13. The topological polar surface area (TPSA) is 72.0 Å². The van der Waals surface area contributed by atoms with Crippen LogP contribution in [0.15, 0.2) is 36.0 Å². The maximum Gasteiger partial charge on any atom is 0.152 e. The Bertz CT molecular complexity index is 1000. The highest BCUT2D eigenvalue weighted by Gasteiger charge is 2.28. The number of anilines is 1. The molecule has 5 nitrogen and oxygen atoms in total. The van der Waals surface area contributed by atoms with Crippen LogP contribution in [0.4, 0.5) is 10.2 Å². The Kier molecular flexibility index (Phi) is 3.73. The van der Waals surface area contributed by atoms with E-state index in [-0.39, 0.29) is 23.4 Å². The smallest absolute Gasteiger partial charge is 0.152 e. The maximum absolute atomic E-state index is 13.2. The van der Waals surface area contributed by atoms with Crippen molar-refractivity contribution in [1.82, 2.24) is 9.97 Å². The zero-order chi connectivity index (χ0) is 16.7. The molecule has 1 aromatic carbocycles. The zero-order valence-electron chi connectivity index (χ0n) is 12.6. The molecule has 124 valence electrons. The first kappa shape index (κ1) is 15.5. The lowest BCUT2D eigenvalue weighted by molar-refractivity contribution is 0.602. The van der Waals surface area contributed by atoms with Gasteiger partial charge >= 0.3 is 0 Å². The fourth-order valence-electron chi connectivity index (χ4n) is 2.93. The van der Waals surface area contributed by atoms with Gasteiger partial charge < -0.3 is 5.32 Å². The van der Waals surface area contributed by atoms with Crippen LogP contribution < -0.4 is 5.32 Å². The quantitative estimate of drug-likeness (QED) is 0.774. The largest absolute Gasteiger partial charge is 0.366 e. The van der Waals surface area contributed by atoms with Gasteiger partial charge in [-0.05, 0) is 24.1 Å². The van der Waals surface area contributed by atoms with Gasteiger partial charge in [0.15, 0.2) is 9.84 Å². The van der Waals surface area contributed by atoms with E-state index in [1.807, 2.05) is 5.38 Å². The van der Waals surface area contributed by atoms with Crippen LogP contribution in [-0.2, 0) is 9.84 Å². The van der Waals surface area contributed by atoms with E-state index in [2.05, 4.69) is 15.3 Å². The Hall–Kier alpha value is -2.06. The van der Waals surface area contributed by atoms with Gasteiger partial charge in [-0.3, -0.25) is 0 Å². The average Bonchev–Trinajstić information content (AvgIpc) is 3.12. The van der Waals surface area contributed by atoms with Gasteiger partial charge in [-0.25, -0.2) is 22.8 Å². The summed E-state index contributed by atoms with van der Waals surface area (Å²) < 4.78 is 36.5. The fourth-order valence-corrected chi connectivity index (χ4v) is 5.52. The summed E-state index contributed by atoms with van der Waals surface area (Å²) in [5.41, 5.74) is 1.79. The summed E-state index contributed by atoms with van der Waals surface area (Å²) in [7, 11) is -2.97. The maximum atomic E-state index is 13.2. The molecular formula is C16H14FN3O2S2. The number of hydrogen-bond donors (Lipinski definition) is 1. The Morgan fingerprint density at radius 1 is 1.21 bits per heavy atom. The average molecular weight is 363 g/mol.